The average molecular weight is 631 g/mol. The number of carboxylic acids is 1. The highest BCUT2D eigenvalue weighted by atomic mass is 32.1. The van der Waals surface area contributed by atoms with E-state index in [1.165, 1.54) is 11.3 Å². The number of hydrogen-bond acceptors (Lipinski definition) is 8. The maximum atomic E-state index is 13.3. The van der Waals surface area contributed by atoms with Crippen molar-refractivity contribution in [3.05, 3.63) is 69.9 Å². The Labute approximate surface area is 262 Å². The Morgan fingerprint density at radius 2 is 1.87 bits per heavy atom. The number of ether oxygens (including phenoxy) is 1. The molecule has 0 radical (unpaired) electrons. The zero-order valence-electron chi connectivity index (χ0n) is 25.3. The summed E-state index contributed by atoms with van der Waals surface area (Å²) in [4.78, 5) is 53.6. The Hall–Kier alpha value is -5.04. The van der Waals surface area contributed by atoms with E-state index in [1.54, 1.807) is 36.1 Å². The van der Waals surface area contributed by atoms with Crippen molar-refractivity contribution in [2.45, 2.75) is 59.0 Å². The minimum absolute atomic E-state index is 0.0384. The van der Waals surface area contributed by atoms with Crippen molar-refractivity contribution in [3.63, 3.8) is 0 Å². The van der Waals surface area contributed by atoms with Gasteiger partial charge in [-0.05, 0) is 86.5 Å². The number of nitrogens with two attached hydrogens (primary N) is 1. The lowest BCUT2D eigenvalue weighted by atomic mass is 10.0. The first-order valence-electron chi connectivity index (χ1n) is 14.6. The Morgan fingerprint density at radius 3 is 2.58 bits per heavy atom. The standard InChI is InChI=1S/C32H34N6O6S/c1-4-38-24(13-18(2)36-38)31(43)35-32-34-22-15-20(30(33)42)8-9-23(22)37(32)12-6-5-7-19-14-21-16-28(25(39)10-11-29(40)41)45-27(21)17-26(19)44-3/h8-9,13-17H,4-7,10-12H2,1-3H3,(H2,33,42)(H,40,41)(H,34,35,43). The maximum Gasteiger partial charge on any atom is 0.303 e. The van der Waals surface area contributed by atoms with E-state index in [0.717, 1.165) is 45.5 Å². The lowest BCUT2D eigenvalue weighted by molar-refractivity contribution is -0.136. The summed E-state index contributed by atoms with van der Waals surface area (Å²) < 4.78 is 10.1. The molecule has 0 unspecified atom stereocenters. The maximum absolute atomic E-state index is 13.3. The van der Waals surface area contributed by atoms with Crippen molar-refractivity contribution in [1.82, 2.24) is 19.3 Å². The van der Waals surface area contributed by atoms with Crippen molar-refractivity contribution in [2.75, 3.05) is 12.4 Å². The van der Waals surface area contributed by atoms with E-state index in [2.05, 4.69) is 15.4 Å². The van der Waals surface area contributed by atoms with Crippen molar-refractivity contribution < 1.29 is 29.0 Å². The van der Waals surface area contributed by atoms with Crippen LogP contribution in [0.2, 0.25) is 0 Å². The monoisotopic (exact) mass is 630 g/mol. The first kappa shape index (κ1) is 31.4. The summed E-state index contributed by atoms with van der Waals surface area (Å²) in [6.45, 7) is 4.82. The number of primary amides is 1. The van der Waals surface area contributed by atoms with Crippen molar-refractivity contribution in [1.29, 1.82) is 0 Å². The van der Waals surface area contributed by atoms with Crippen molar-refractivity contribution >= 4 is 62.0 Å². The molecular weight excluding hydrogens is 596 g/mol. The number of unbranched alkanes of at least 4 members (excludes halogenated alkanes) is 1. The van der Waals surface area contributed by atoms with E-state index in [9.17, 15) is 19.2 Å². The number of aromatic nitrogens is 4. The van der Waals surface area contributed by atoms with Crippen LogP contribution in [0.3, 0.4) is 0 Å². The Kier molecular flexibility index (Phi) is 9.28. The molecule has 5 rings (SSSR count). The van der Waals surface area contributed by atoms with Gasteiger partial charge in [0, 0.05) is 29.8 Å². The molecule has 4 N–H and O–H groups in total. The van der Waals surface area contributed by atoms with Gasteiger partial charge in [0.15, 0.2) is 5.78 Å². The SMILES string of the molecule is CCn1nc(C)cc1C(=O)Nc1nc2cc(C(N)=O)ccc2n1CCCCc1cc2cc(C(=O)CCC(=O)O)sc2cc1OC. The normalized spacial score (nSPS) is 11.3. The summed E-state index contributed by atoms with van der Waals surface area (Å²) in [5, 5.41) is 17.1. The Morgan fingerprint density at radius 1 is 1.07 bits per heavy atom. The van der Waals surface area contributed by atoms with Crippen LogP contribution in [-0.2, 0) is 24.3 Å². The van der Waals surface area contributed by atoms with Gasteiger partial charge in [-0.15, -0.1) is 11.3 Å². The van der Waals surface area contributed by atoms with E-state index in [-0.39, 0.29) is 24.5 Å². The quantitative estimate of drug-likeness (QED) is 0.111. The average Bonchev–Trinajstić information content (AvgIpc) is 3.71. The van der Waals surface area contributed by atoms with E-state index in [0.29, 0.717) is 47.1 Å². The topological polar surface area (TPSA) is 171 Å². The van der Waals surface area contributed by atoms with Crippen LogP contribution in [0.1, 0.15) is 74.4 Å². The lowest BCUT2D eigenvalue weighted by Gasteiger charge is -2.12. The van der Waals surface area contributed by atoms with Crippen LogP contribution in [0.25, 0.3) is 21.1 Å². The van der Waals surface area contributed by atoms with E-state index in [4.69, 9.17) is 15.6 Å². The third-order valence-electron chi connectivity index (χ3n) is 7.53. The molecule has 0 bridgehead atoms. The zero-order chi connectivity index (χ0) is 32.2. The zero-order valence-corrected chi connectivity index (χ0v) is 26.1. The first-order valence-corrected chi connectivity index (χ1v) is 15.4. The van der Waals surface area contributed by atoms with Crippen LogP contribution < -0.4 is 15.8 Å². The molecule has 0 atom stereocenters. The number of thiophene rings is 1. The fraction of sp³-hybridized carbons (Fsp3) is 0.312. The summed E-state index contributed by atoms with van der Waals surface area (Å²) in [7, 11) is 1.61. The van der Waals surface area contributed by atoms with Gasteiger partial charge in [0.2, 0.25) is 11.9 Å². The molecule has 0 aliphatic heterocycles. The third kappa shape index (κ3) is 6.88. The molecule has 0 saturated heterocycles. The molecule has 12 nitrogen and oxygen atoms in total. The van der Waals surface area contributed by atoms with Gasteiger partial charge in [0.25, 0.3) is 5.91 Å². The highest BCUT2D eigenvalue weighted by molar-refractivity contribution is 7.20. The molecule has 45 heavy (non-hydrogen) atoms. The second-order valence-corrected chi connectivity index (χ2v) is 11.8. The fourth-order valence-electron chi connectivity index (χ4n) is 5.31. The second-order valence-electron chi connectivity index (χ2n) is 10.7. The molecule has 0 saturated carbocycles. The number of nitrogens with zero attached hydrogens (tertiary/aromatic N) is 4. The van der Waals surface area contributed by atoms with Crippen LogP contribution in [0.4, 0.5) is 5.95 Å². The number of amides is 2. The van der Waals surface area contributed by atoms with Crippen LogP contribution in [0, 0.1) is 6.92 Å². The lowest BCUT2D eigenvalue weighted by Crippen LogP contribution is -2.20. The highest BCUT2D eigenvalue weighted by Gasteiger charge is 2.19. The summed E-state index contributed by atoms with van der Waals surface area (Å²) in [6, 6.07) is 12.5. The molecule has 0 spiro atoms. The first-order chi connectivity index (χ1) is 21.6. The van der Waals surface area contributed by atoms with Gasteiger partial charge in [0.05, 0.1) is 35.1 Å². The van der Waals surface area contributed by atoms with Gasteiger partial charge in [-0.2, -0.15) is 5.10 Å². The van der Waals surface area contributed by atoms with Gasteiger partial charge in [0.1, 0.15) is 11.4 Å². The molecule has 234 valence electrons. The van der Waals surface area contributed by atoms with Gasteiger partial charge < -0.3 is 20.1 Å². The number of carbonyl (C=O) groups excluding carboxylic acids is 3. The number of methoxy groups -OCH3 is 1. The summed E-state index contributed by atoms with van der Waals surface area (Å²) >= 11 is 1.33. The van der Waals surface area contributed by atoms with E-state index >= 15 is 0 Å². The summed E-state index contributed by atoms with van der Waals surface area (Å²) in [6.07, 6.45) is 1.98. The number of Topliss-reactive ketones (excluding diaryl/α,β-unsaturated/α-hetero) is 1. The van der Waals surface area contributed by atoms with Crippen LogP contribution >= 0.6 is 11.3 Å². The minimum atomic E-state index is -0.999. The number of imidazole rings is 1. The van der Waals surface area contributed by atoms with Gasteiger partial charge in [-0.1, -0.05) is 0 Å². The molecule has 0 aliphatic carbocycles. The number of carbonyl (C=O) groups is 4. The van der Waals surface area contributed by atoms with Crippen LogP contribution in [-0.4, -0.2) is 55.1 Å². The second kappa shape index (κ2) is 13.3. The number of rotatable bonds is 14. The smallest absolute Gasteiger partial charge is 0.303 e. The number of hydrogen-bond donors (Lipinski definition) is 3. The highest BCUT2D eigenvalue weighted by Crippen LogP contribution is 2.34. The number of fused-ring (bicyclic) bond motifs is 2. The van der Waals surface area contributed by atoms with Gasteiger partial charge >= 0.3 is 5.97 Å². The number of aliphatic carboxylic acids is 1. The number of carboxylic acid groups (broad SMARTS) is 1. The molecule has 13 heteroatoms. The molecule has 2 amide bonds. The largest absolute Gasteiger partial charge is 0.496 e. The molecule has 3 heterocycles. The van der Waals surface area contributed by atoms with Gasteiger partial charge in [-0.25, -0.2) is 4.98 Å². The summed E-state index contributed by atoms with van der Waals surface area (Å²) in [5.41, 5.74) is 9.27. The molecule has 5 aromatic rings. The van der Waals surface area contributed by atoms with Gasteiger partial charge in [-0.3, -0.25) is 29.2 Å². The van der Waals surface area contributed by atoms with E-state index in [1.807, 2.05) is 36.6 Å². The molecular formula is C32H34N6O6S. The number of ketones is 1. The third-order valence-corrected chi connectivity index (χ3v) is 8.67. The Bertz CT molecular complexity index is 1940. The Balaban J connectivity index is 1.34. The number of benzene rings is 2. The van der Waals surface area contributed by atoms with Crippen LogP contribution in [0.15, 0.2) is 42.5 Å². The number of aryl methyl sites for hydroxylation is 4. The molecule has 0 aliphatic rings. The number of nitrogens with one attached hydrogen (secondary N) is 1. The molecule has 3 aromatic heterocycles. The predicted octanol–water partition coefficient (Wildman–Crippen LogP) is 5.21. The van der Waals surface area contributed by atoms with Crippen LogP contribution in [0.5, 0.6) is 5.75 Å². The summed E-state index contributed by atoms with van der Waals surface area (Å²) in [5.74, 6) is -1.01. The molecule has 2 aromatic carbocycles. The predicted molar refractivity (Wildman–Crippen MR) is 171 cm³/mol. The minimum Gasteiger partial charge on any atom is -0.496 e. The fourth-order valence-corrected chi connectivity index (χ4v) is 6.35. The van der Waals surface area contributed by atoms with Crippen molar-refractivity contribution in [3.8, 4) is 5.75 Å². The molecule has 0 fully saturated rings. The van der Waals surface area contributed by atoms with Crippen molar-refractivity contribution in [2.24, 2.45) is 5.73 Å². The number of anilines is 1. The van der Waals surface area contributed by atoms with E-state index < -0.39 is 11.9 Å².